The van der Waals surface area contributed by atoms with Crippen LogP contribution in [0.2, 0.25) is 0 Å². The van der Waals surface area contributed by atoms with Crippen LogP contribution >= 0.6 is 0 Å². The van der Waals surface area contributed by atoms with E-state index in [0.717, 1.165) is 38.7 Å². The zero-order valence-electron chi connectivity index (χ0n) is 10.2. The average molecular weight is 250 g/mol. The third-order valence-electron chi connectivity index (χ3n) is 3.27. The van der Waals surface area contributed by atoms with Gasteiger partial charge in [-0.2, -0.15) is 0 Å². The Hall–Kier alpha value is -2.69. The summed E-state index contributed by atoms with van der Waals surface area (Å²) in [5.74, 6) is 0.799. The van der Waals surface area contributed by atoms with E-state index in [1.54, 1.807) is 13.3 Å². The molecule has 0 aliphatic carbocycles. The molecule has 1 aromatic carbocycles. The summed E-state index contributed by atoms with van der Waals surface area (Å²) in [7, 11) is 1.65. The molecule has 19 heavy (non-hydrogen) atoms. The molecule has 0 aliphatic rings. The van der Waals surface area contributed by atoms with E-state index in [0.29, 0.717) is 0 Å². The van der Waals surface area contributed by atoms with Gasteiger partial charge in [0.15, 0.2) is 0 Å². The lowest BCUT2D eigenvalue weighted by Gasteiger charge is -2.02. The molecule has 5 heteroatoms. The summed E-state index contributed by atoms with van der Waals surface area (Å²) < 4.78 is 5.27. The summed E-state index contributed by atoms with van der Waals surface area (Å²) in [6, 6.07) is 9.62. The minimum Gasteiger partial charge on any atom is -0.497 e. The number of fused-ring (bicyclic) bond motifs is 5. The van der Waals surface area contributed by atoms with E-state index in [-0.39, 0.29) is 0 Å². The van der Waals surface area contributed by atoms with Crippen molar-refractivity contribution in [2.24, 2.45) is 0 Å². The number of aromatic amines is 1. The van der Waals surface area contributed by atoms with E-state index in [1.165, 1.54) is 0 Å². The predicted octanol–water partition coefficient (Wildman–Crippen LogP) is 2.67. The number of hydrogen-bond acceptors (Lipinski definition) is 4. The fraction of sp³-hybridized carbons (Fsp3) is 0.0714. The second kappa shape index (κ2) is 3.65. The first-order chi connectivity index (χ1) is 9.36. The number of hydrogen-bond donors (Lipinski definition) is 1. The molecule has 3 aromatic heterocycles. The lowest BCUT2D eigenvalue weighted by atomic mass is 10.2. The van der Waals surface area contributed by atoms with Gasteiger partial charge in [-0.15, -0.1) is 10.2 Å². The molecule has 4 rings (SSSR count). The molecule has 0 atom stereocenters. The highest BCUT2D eigenvalue weighted by Crippen LogP contribution is 2.29. The van der Waals surface area contributed by atoms with E-state index in [1.807, 2.05) is 30.3 Å². The van der Waals surface area contributed by atoms with Crippen LogP contribution in [0.25, 0.3) is 33.0 Å². The predicted molar refractivity (Wildman–Crippen MR) is 73.2 cm³/mol. The van der Waals surface area contributed by atoms with E-state index < -0.39 is 0 Å². The van der Waals surface area contributed by atoms with E-state index in [2.05, 4.69) is 20.2 Å². The number of aromatic nitrogens is 4. The van der Waals surface area contributed by atoms with Crippen LogP contribution in [-0.2, 0) is 0 Å². The maximum absolute atomic E-state index is 5.27. The summed E-state index contributed by atoms with van der Waals surface area (Å²) >= 11 is 0. The van der Waals surface area contributed by atoms with Crippen LogP contribution in [0.1, 0.15) is 0 Å². The summed E-state index contributed by atoms with van der Waals surface area (Å²) in [6.07, 6.45) is 1.76. The molecule has 1 N–H and O–H groups in total. The summed E-state index contributed by atoms with van der Waals surface area (Å²) in [5.41, 5.74) is 3.43. The molecule has 92 valence electrons. The molecule has 0 fully saturated rings. The Bertz CT molecular complexity index is 913. The highest BCUT2D eigenvalue weighted by atomic mass is 16.5. The Balaban J connectivity index is 2.23. The SMILES string of the molecule is COc1ccc2nnc3c4cccnc4[nH]c3c2c1. The van der Waals surface area contributed by atoms with Crippen LogP contribution in [0.15, 0.2) is 36.5 Å². The van der Waals surface area contributed by atoms with Crippen LogP contribution < -0.4 is 4.74 Å². The molecule has 3 heterocycles. The molecule has 0 saturated heterocycles. The molecule has 0 amide bonds. The lowest BCUT2D eigenvalue weighted by molar-refractivity contribution is 0.415. The summed E-state index contributed by atoms with van der Waals surface area (Å²) in [5, 5.41) is 10.5. The molecular weight excluding hydrogens is 240 g/mol. The van der Waals surface area contributed by atoms with Gasteiger partial charge in [0.25, 0.3) is 0 Å². The van der Waals surface area contributed by atoms with Crippen molar-refractivity contribution >= 4 is 33.0 Å². The maximum Gasteiger partial charge on any atom is 0.140 e. The van der Waals surface area contributed by atoms with Crippen molar-refractivity contribution in [3.63, 3.8) is 0 Å². The van der Waals surface area contributed by atoms with Crippen molar-refractivity contribution in [2.45, 2.75) is 0 Å². The largest absolute Gasteiger partial charge is 0.497 e. The molecule has 0 aliphatic heterocycles. The fourth-order valence-electron chi connectivity index (χ4n) is 2.34. The Kier molecular flexibility index (Phi) is 1.97. The van der Waals surface area contributed by atoms with Gasteiger partial charge in [0.05, 0.1) is 18.1 Å². The average Bonchev–Trinajstić information content (AvgIpc) is 2.85. The number of ether oxygens (including phenoxy) is 1. The van der Waals surface area contributed by atoms with Crippen molar-refractivity contribution in [3.8, 4) is 5.75 Å². The standard InChI is InChI=1S/C14H10N4O/c1-19-8-4-5-11-10(7-8)12-13(18-17-11)9-3-2-6-15-14(9)16-12/h2-7H,1H3,(H,15,16). The smallest absolute Gasteiger partial charge is 0.140 e. The highest BCUT2D eigenvalue weighted by Gasteiger charge is 2.10. The highest BCUT2D eigenvalue weighted by molar-refractivity contribution is 6.12. The monoisotopic (exact) mass is 250 g/mol. The van der Waals surface area contributed by atoms with Crippen molar-refractivity contribution in [3.05, 3.63) is 36.5 Å². The van der Waals surface area contributed by atoms with E-state index in [4.69, 9.17) is 4.74 Å². The molecule has 0 bridgehead atoms. The van der Waals surface area contributed by atoms with Gasteiger partial charge in [-0.1, -0.05) is 0 Å². The van der Waals surface area contributed by atoms with Crippen LogP contribution in [0.4, 0.5) is 0 Å². The zero-order chi connectivity index (χ0) is 12.8. The number of methoxy groups -OCH3 is 1. The number of pyridine rings is 1. The van der Waals surface area contributed by atoms with Crippen LogP contribution in [0.3, 0.4) is 0 Å². The van der Waals surface area contributed by atoms with Gasteiger partial charge in [0.2, 0.25) is 0 Å². The molecule has 0 radical (unpaired) electrons. The topological polar surface area (TPSA) is 63.7 Å². The van der Waals surface area contributed by atoms with Gasteiger partial charge in [-0.05, 0) is 30.3 Å². The van der Waals surface area contributed by atoms with Gasteiger partial charge in [0.1, 0.15) is 16.9 Å². The molecule has 0 saturated carbocycles. The van der Waals surface area contributed by atoms with Crippen molar-refractivity contribution in [1.82, 2.24) is 20.2 Å². The van der Waals surface area contributed by atoms with Crippen LogP contribution in [0.5, 0.6) is 5.75 Å². The number of H-pyrrole nitrogens is 1. The van der Waals surface area contributed by atoms with Crippen LogP contribution in [0, 0.1) is 0 Å². The first-order valence-electron chi connectivity index (χ1n) is 5.93. The van der Waals surface area contributed by atoms with Gasteiger partial charge in [0, 0.05) is 17.0 Å². The molecule has 4 aromatic rings. The molecule has 0 spiro atoms. The van der Waals surface area contributed by atoms with Crippen molar-refractivity contribution in [1.29, 1.82) is 0 Å². The van der Waals surface area contributed by atoms with Gasteiger partial charge in [-0.25, -0.2) is 4.98 Å². The first kappa shape index (κ1) is 10.3. The number of nitrogens with zero attached hydrogens (tertiary/aromatic N) is 3. The third kappa shape index (κ3) is 1.38. The Labute approximate surface area is 108 Å². The van der Waals surface area contributed by atoms with Crippen molar-refractivity contribution in [2.75, 3.05) is 7.11 Å². The van der Waals surface area contributed by atoms with E-state index >= 15 is 0 Å². The normalized spacial score (nSPS) is 11.4. The fourth-order valence-corrected chi connectivity index (χ4v) is 2.34. The minimum absolute atomic E-state index is 0.799. The van der Waals surface area contributed by atoms with Gasteiger partial charge >= 0.3 is 0 Å². The number of nitrogens with one attached hydrogen (secondary N) is 1. The molecular formula is C14H10N4O. The zero-order valence-corrected chi connectivity index (χ0v) is 10.2. The lowest BCUT2D eigenvalue weighted by Crippen LogP contribution is -1.88. The second-order valence-electron chi connectivity index (χ2n) is 4.33. The van der Waals surface area contributed by atoms with Gasteiger partial charge < -0.3 is 9.72 Å². The third-order valence-corrected chi connectivity index (χ3v) is 3.27. The van der Waals surface area contributed by atoms with Gasteiger partial charge in [-0.3, -0.25) is 0 Å². The maximum atomic E-state index is 5.27. The summed E-state index contributed by atoms with van der Waals surface area (Å²) in [4.78, 5) is 7.62. The molecule has 0 unspecified atom stereocenters. The number of rotatable bonds is 1. The Morgan fingerprint density at radius 3 is 2.95 bits per heavy atom. The van der Waals surface area contributed by atoms with Crippen LogP contribution in [-0.4, -0.2) is 27.3 Å². The quantitative estimate of drug-likeness (QED) is 0.564. The summed E-state index contributed by atoms with van der Waals surface area (Å²) in [6.45, 7) is 0. The number of benzene rings is 1. The van der Waals surface area contributed by atoms with Crippen molar-refractivity contribution < 1.29 is 4.74 Å². The van der Waals surface area contributed by atoms with E-state index in [9.17, 15) is 0 Å². The Morgan fingerprint density at radius 2 is 2.05 bits per heavy atom. The first-order valence-corrected chi connectivity index (χ1v) is 5.93. The Morgan fingerprint density at radius 1 is 1.11 bits per heavy atom. The minimum atomic E-state index is 0.799. The second-order valence-corrected chi connectivity index (χ2v) is 4.33. The molecule has 5 nitrogen and oxygen atoms in total.